The van der Waals surface area contributed by atoms with Crippen LogP contribution in [0.2, 0.25) is 0 Å². The minimum Gasteiger partial charge on any atom is -0.360 e. The zero-order chi connectivity index (χ0) is 23.1. The van der Waals surface area contributed by atoms with Crippen molar-refractivity contribution in [3.63, 3.8) is 0 Å². The van der Waals surface area contributed by atoms with Crippen LogP contribution in [0.15, 0.2) is 53.4 Å². The van der Waals surface area contributed by atoms with Crippen LogP contribution in [-0.2, 0) is 30.8 Å². The third-order valence-corrected chi connectivity index (χ3v) is 6.96. The lowest BCUT2D eigenvalue weighted by molar-refractivity contribution is -0.140. The van der Waals surface area contributed by atoms with Crippen LogP contribution in [0, 0.1) is 12.7 Å². The molecule has 1 heterocycles. The van der Waals surface area contributed by atoms with Gasteiger partial charge >= 0.3 is 11.8 Å². The predicted molar refractivity (Wildman–Crippen MR) is 116 cm³/mol. The number of nitrogens with one attached hydrogen (secondary N) is 2. The first-order chi connectivity index (χ1) is 15.3. The minimum atomic E-state index is -3.97. The van der Waals surface area contributed by atoms with Gasteiger partial charge in [0.2, 0.25) is 10.0 Å². The Morgan fingerprint density at radius 3 is 2.56 bits per heavy atom. The van der Waals surface area contributed by atoms with Crippen LogP contribution in [-0.4, -0.2) is 57.0 Å². The van der Waals surface area contributed by atoms with Crippen molar-refractivity contribution in [3.05, 3.63) is 65.5 Å². The quantitative estimate of drug-likeness (QED) is 0.603. The Labute approximate surface area is 186 Å². The zero-order valence-corrected chi connectivity index (χ0v) is 18.5. The second-order valence-electron chi connectivity index (χ2n) is 7.41. The van der Waals surface area contributed by atoms with Gasteiger partial charge in [0.25, 0.3) is 0 Å². The van der Waals surface area contributed by atoms with Crippen LogP contribution in [0.25, 0.3) is 0 Å². The molecule has 0 aromatic heterocycles. The summed E-state index contributed by atoms with van der Waals surface area (Å²) in [6, 6.07) is 13.1. The van der Waals surface area contributed by atoms with E-state index in [0.29, 0.717) is 26.0 Å². The highest BCUT2D eigenvalue weighted by atomic mass is 32.2. The summed E-state index contributed by atoms with van der Waals surface area (Å²) in [7, 11) is -3.97. The van der Waals surface area contributed by atoms with Crippen molar-refractivity contribution in [2.75, 3.05) is 26.2 Å². The fourth-order valence-corrected chi connectivity index (χ4v) is 4.97. The summed E-state index contributed by atoms with van der Waals surface area (Å²) in [6.45, 7) is 2.08. The summed E-state index contributed by atoms with van der Waals surface area (Å²) >= 11 is 0. The molecule has 3 rings (SSSR count). The van der Waals surface area contributed by atoms with E-state index in [-0.39, 0.29) is 23.5 Å². The Balaban J connectivity index is 1.57. The lowest BCUT2D eigenvalue weighted by Gasteiger charge is -2.34. The van der Waals surface area contributed by atoms with Crippen molar-refractivity contribution in [1.29, 1.82) is 0 Å². The van der Waals surface area contributed by atoms with Crippen molar-refractivity contribution in [2.45, 2.75) is 30.9 Å². The highest BCUT2D eigenvalue weighted by Crippen LogP contribution is 2.23. The largest absolute Gasteiger partial charge is 0.360 e. The first-order valence-electron chi connectivity index (χ1n) is 10.3. The molecule has 0 aliphatic carbocycles. The van der Waals surface area contributed by atoms with Crippen molar-refractivity contribution in [2.24, 2.45) is 0 Å². The summed E-state index contributed by atoms with van der Waals surface area (Å²) in [5, 5.41) is 4.97. The van der Waals surface area contributed by atoms with E-state index in [2.05, 4.69) is 10.6 Å². The SMILES string of the molecule is Cc1cc(S(=O)(=O)N2CCCOC2CNC(=O)C(=O)NCCc2ccccc2)ccc1F. The Morgan fingerprint density at radius 2 is 1.84 bits per heavy atom. The molecule has 1 saturated heterocycles. The van der Waals surface area contributed by atoms with Crippen LogP contribution in [0.5, 0.6) is 0 Å². The normalized spacial score (nSPS) is 17.0. The number of halogens is 1. The monoisotopic (exact) mass is 463 g/mol. The molecule has 0 radical (unpaired) electrons. The molecule has 0 saturated carbocycles. The third-order valence-electron chi connectivity index (χ3n) is 5.08. The average molecular weight is 464 g/mol. The first-order valence-corrected chi connectivity index (χ1v) is 11.7. The highest BCUT2D eigenvalue weighted by molar-refractivity contribution is 7.89. The van der Waals surface area contributed by atoms with Crippen molar-refractivity contribution >= 4 is 21.8 Å². The average Bonchev–Trinajstić information content (AvgIpc) is 2.80. The number of hydrogen-bond donors (Lipinski definition) is 2. The lowest BCUT2D eigenvalue weighted by Crippen LogP contribution is -2.53. The Kier molecular flexibility index (Phi) is 7.94. The number of amides is 2. The van der Waals surface area contributed by atoms with Gasteiger partial charge in [0.15, 0.2) is 0 Å². The molecule has 32 heavy (non-hydrogen) atoms. The summed E-state index contributed by atoms with van der Waals surface area (Å²) < 4.78 is 46.3. The molecule has 0 bridgehead atoms. The molecular formula is C22H26FN3O5S. The van der Waals surface area contributed by atoms with Crippen molar-refractivity contribution < 1.29 is 27.1 Å². The number of carbonyl (C=O) groups is 2. The molecule has 2 aromatic rings. The molecular weight excluding hydrogens is 437 g/mol. The molecule has 1 aliphatic rings. The molecule has 2 aromatic carbocycles. The third kappa shape index (κ3) is 5.90. The van der Waals surface area contributed by atoms with Crippen LogP contribution in [0.3, 0.4) is 0 Å². The van der Waals surface area contributed by atoms with E-state index < -0.39 is 33.9 Å². The molecule has 1 unspecified atom stereocenters. The number of nitrogens with zero attached hydrogens (tertiary/aromatic N) is 1. The number of hydrogen-bond acceptors (Lipinski definition) is 5. The second kappa shape index (κ2) is 10.7. The molecule has 1 fully saturated rings. The number of rotatable bonds is 7. The highest BCUT2D eigenvalue weighted by Gasteiger charge is 2.35. The standard InChI is InChI=1S/C22H26FN3O5S/c1-16-14-18(8-9-19(16)23)32(29,30)26-12-5-13-31-20(26)15-25-22(28)21(27)24-11-10-17-6-3-2-4-7-17/h2-4,6-9,14,20H,5,10-13,15H2,1H3,(H,24,27)(H,25,28). The summed E-state index contributed by atoms with van der Waals surface area (Å²) in [5.41, 5.74) is 1.24. The van der Waals surface area contributed by atoms with Crippen LogP contribution >= 0.6 is 0 Å². The fourth-order valence-electron chi connectivity index (χ4n) is 3.32. The van der Waals surface area contributed by atoms with E-state index in [0.717, 1.165) is 15.9 Å². The molecule has 2 N–H and O–H groups in total. The van der Waals surface area contributed by atoms with Gasteiger partial charge in [-0.3, -0.25) is 9.59 Å². The Morgan fingerprint density at radius 1 is 1.12 bits per heavy atom. The molecule has 1 atom stereocenters. The number of sulfonamides is 1. The second-order valence-corrected chi connectivity index (χ2v) is 9.30. The fraction of sp³-hybridized carbons (Fsp3) is 0.364. The van der Waals surface area contributed by atoms with E-state index >= 15 is 0 Å². The van der Waals surface area contributed by atoms with Gasteiger partial charge in [-0.05, 0) is 49.1 Å². The van der Waals surface area contributed by atoms with Gasteiger partial charge in [0.05, 0.1) is 18.0 Å². The van der Waals surface area contributed by atoms with Crippen LogP contribution in [0.1, 0.15) is 17.5 Å². The molecule has 8 nitrogen and oxygen atoms in total. The van der Waals surface area contributed by atoms with Crippen LogP contribution in [0.4, 0.5) is 4.39 Å². The van der Waals surface area contributed by atoms with E-state index in [1.807, 2.05) is 30.3 Å². The number of aryl methyl sites for hydroxylation is 1. The molecule has 0 spiro atoms. The maximum absolute atomic E-state index is 13.6. The zero-order valence-electron chi connectivity index (χ0n) is 17.7. The Bertz CT molecular complexity index is 1060. The topological polar surface area (TPSA) is 105 Å². The minimum absolute atomic E-state index is 0.0584. The van der Waals surface area contributed by atoms with E-state index in [1.54, 1.807) is 0 Å². The molecule has 10 heteroatoms. The van der Waals surface area contributed by atoms with E-state index in [9.17, 15) is 22.4 Å². The van der Waals surface area contributed by atoms with Crippen LogP contribution < -0.4 is 10.6 Å². The molecule has 1 aliphatic heterocycles. The van der Waals surface area contributed by atoms with Gasteiger partial charge in [-0.1, -0.05) is 30.3 Å². The predicted octanol–water partition coefficient (Wildman–Crippen LogP) is 1.35. The Hall–Kier alpha value is -2.82. The van der Waals surface area contributed by atoms with Gasteiger partial charge in [0, 0.05) is 13.1 Å². The maximum atomic E-state index is 13.6. The first kappa shape index (κ1) is 23.8. The number of ether oxygens (including phenoxy) is 1. The smallest absolute Gasteiger partial charge is 0.309 e. The van der Waals surface area contributed by atoms with Crippen molar-refractivity contribution in [1.82, 2.24) is 14.9 Å². The maximum Gasteiger partial charge on any atom is 0.309 e. The molecule has 2 amide bonds. The summed E-state index contributed by atoms with van der Waals surface area (Å²) in [4.78, 5) is 24.1. The van der Waals surface area contributed by atoms with Gasteiger partial charge in [0.1, 0.15) is 12.0 Å². The number of benzene rings is 2. The number of carbonyl (C=O) groups excluding carboxylic acids is 2. The van der Waals surface area contributed by atoms with Gasteiger partial charge in [-0.25, -0.2) is 12.8 Å². The van der Waals surface area contributed by atoms with E-state index in [4.69, 9.17) is 4.74 Å². The molecule has 172 valence electrons. The summed E-state index contributed by atoms with van der Waals surface area (Å²) in [5.74, 6) is -2.18. The lowest BCUT2D eigenvalue weighted by atomic mass is 10.1. The summed E-state index contributed by atoms with van der Waals surface area (Å²) in [6.07, 6.45) is 0.0820. The van der Waals surface area contributed by atoms with Crippen molar-refractivity contribution in [3.8, 4) is 0 Å². The van der Waals surface area contributed by atoms with Gasteiger partial charge < -0.3 is 15.4 Å². The van der Waals surface area contributed by atoms with Gasteiger partial charge in [-0.15, -0.1) is 0 Å². The van der Waals surface area contributed by atoms with E-state index in [1.165, 1.54) is 19.1 Å². The van der Waals surface area contributed by atoms with Gasteiger partial charge in [-0.2, -0.15) is 4.31 Å².